The van der Waals surface area contributed by atoms with Crippen molar-refractivity contribution in [2.75, 3.05) is 0 Å². The molecule has 7 nitrogen and oxygen atoms in total. The smallest absolute Gasteiger partial charge is 0.172 e. The number of rotatable bonds is 6. The van der Waals surface area contributed by atoms with E-state index in [0.29, 0.717) is 23.7 Å². The van der Waals surface area contributed by atoms with Gasteiger partial charge in [-0.3, -0.25) is 9.78 Å². The molecule has 128 valence electrons. The van der Waals surface area contributed by atoms with Crippen LogP contribution in [0.25, 0.3) is 0 Å². The number of hydrogen-bond donors (Lipinski definition) is 1. The Morgan fingerprint density at radius 3 is 2.52 bits per heavy atom. The van der Waals surface area contributed by atoms with Gasteiger partial charge in [-0.05, 0) is 44.0 Å². The first kappa shape index (κ1) is 16.7. The molecule has 0 spiro atoms. The van der Waals surface area contributed by atoms with Gasteiger partial charge in [-0.2, -0.15) is 15.5 Å². The van der Waals surface area contributed by atoms with E-state index >= 15 is 0 Å². The molecule has 0 aliphatic rings. The van der Waals surface area contributed by atoms with Gasteiger partial charge in [-0.1, -0.05) is 13.8 Å². The summed E-state index contributed by atoms with van der Waals surface area (Å²) in [6.07, 6.45) is 1.54. The summed E-state index contributed by atoms with van der Waals surface area (Å²) in [6.45, 7) is 6.49. The Labute approximate surface area is 146 Å². The van der Waals surface area contributed by atoms with Crippen molar-refractivity contribution in [3.05, 3.63) is 52.9 Å². The van der Waals surface area contributed by atoms with E-state index in [4.69, 9.17) is 10.00 Å². The van der Waals surface area contributed by atoms with Gasteiger partial charge in [0, 0.05) is 0 Å². The minimum absolute atomic E-state index is 0.497. The number of hydrogen-bond acceptors (Lipinski definition) is 5. The van der Waals surface area contributed by atoms with E-state index in [2.05, 4.69) is 40.2 Å². The zero-order valence-electron chi connectivity index (χ0n) is 14.6. The highest BCUT2D eigenvalue weighted by molar-refractivity contribution is 5.41. The first-order valence-corrected chi connectivity index (χ1v) is 8.29. The van der Waals surface area contributed by atoms with Crippen molar-refractivity contribution in [2.45, 2.75) is 40.2 Å². The molecule has 0 atom stereocenters. The van der Waals surface area contributed by atoms with Crippen LogP contribution in [0.5, 0.6) is 11.5 Å². The standard InChI is InChI=1S/C18H20N6O/c1-4-15-18(25-14-8-6-13(10-19)7-9-14)16(5-2)24(23-15)11-17-20-12(3)21-22-17/h6-9H,4-5,11H2,1-3H3,(H,20,21,22). The van der Waals surface area contributed by atoms with Crippen LogP contribution in [0.1, 0.15) is 42.4 Å². The Hall–Kier alpha value is -3.14. The molecule has 25 heavy (non-hydrogen) atoms. The van der Waals surface area contributed by atoms with Gasteiger partial charge in [0.05, 0.1) is 17.3 Å². The van der Waals surface area contributed by atoms with Gasteiger partial charge in [0.25, 0.3) is 0 Å². The SMILES string of the molecule is CCc1nn(Cc2n[nH]c(C)n2)c(CC)c1Oc1ccc(C#N)cc1. The topological polar surface area (TPSA) is 92.4 Å². The monoisotopic (exact) mass is 336 g/mol. The largest absolute Gasteiger partial charge is 0.453 e. The van der Waals surface area contributed by atoms with Crippen LogP contribution in [0, 0.1) is 18.3 Å². The molecule has 0 radical (unpaired) electrons. The lowest BCUT2D eigenvalue weighted by molar-refractivity contribution is 0.468. The molecule has 2 heterocycles. The highest BCUT2D eigenvalue weighted by Crippen LogP contribution is 2.30. The van der Waals surface area contributed by atoms with Crippen LogP contribution in [0.15, 0.2) is 24.3 Å². The highest BCUT2D eigenvalue weighted by Gasteiger charge is 2.19. The summed E-state index contributed by atoms with van der Waals surface area (Å²) in [5.41, 5.74) is 2.51. The molecular formula is C18H20N6O. The second-order valence-corrected chi connectivity index (χ2v) is 5.66. The van der Waals surface area contributed by atoms with Gasteiger partial charge in [-0.25, -0.2) is 4.98 Å². The Kier molecular flexibility index (Phi) is 4.80. The number of nitrogens with zero attached hydrogens (tertiary/aromatic N) is 5. The Morgan fingerprint density at radius 1 is 1.20 bits per heavy atom. The maximum atomic E-state index is 8.91. The van der Waals surface area contributed by atoms with E-state index < -0.39 is 0 Å². The van der Waals surface area contributed by atoms with Gasteiger partial charge in [-0.15, -0.1) is 0 Å². The highest BCUT2D eigenvalue weighted by atomic mass is 16.5. The van der Waals surface area contributed by atoms with E-state index in [1.54, 1.807) is 24.3 Å². The van der Waals surface area contributed by atoms with Crippen molar-refractivity contribution < 1.29 is 4.74 Å². The van der Waals surface area contributed by atoms with E-state index in [1.165, 1.54) is 0 Å². The summed E-state index contributed by atoms with van der Waals surface area (Å²) in [6, 6.07) is 9.19. The minimum atomic E-state index is 0.497. The third-order valence-corrected chi connectivity index (χ3v) is 3.89. The van der Waals surface area contributed by atoms with Crippen molar-refractivity contribution in [2.24, 2.45) is 0 Å². The van der Waals surface area contributed by atoms with Crippen LogP contribution < -0.4 is 4.74 Å². The van der Waals surface area contributed by atoms with Crippen LogP contribution in [0.3, 0.4) is 0 Å². The maximum absolute atomic E-state index is 8.91. The van der Waals surface area contributed by atoms with Gasteiger partial charge >= 0.3 is 0 Å². The lowest BCUT2D eigenvalue weighted by Crippen LogP contribution is -2.07. The molecule has 0 saturated carbocycles. The first-order valence-electron chi connectivity index (χ1n) is 8.29. The quantitative estimate of drug-likeness (QED) is 0.746. The number of aromatic amines is 1. The van der Waals surface area contributed by atoms with Gasteiger partial charge < -0.3 is 4.74 Å². The summed E-state index contributed by atoms with van der Waals surface area (Å²) in [5.74, 6) is 2.95. The molecule has 1 aromatic carbocycles. The summed E-state index contributed by atoms with van der Waals surface area (Å²) >= 11 is 0. The molecule has 0 aliphatic heterocycles. The molecule has 0 saturated heterocycles. The molecule has 3 aromatic rings. The van der Waals surface area contributed by atoms with E-state index in [9.17, 15) is 0 Å². The summed E-state index contributed by atoms with van der Waals surface area (Å²) in [7, 11) is 0. The van der Waals surface area contributed by atoms with Gasteiger partial charge in [0.1, 0.15) is 23.8 Å². The number of aromatic nitrogens is 5. The molecular weight excluding hydrogens is 316 g/mol. The van der Waals surface area contributed by atoms with Crippen LogP contribution in [0.4, 0.5) is 0 Å². The van der Waals surface area contributed by atoms with E-state index in [0.717, 1.165) is 35.8 Å². The third-order valence-electron chi connectivity index (χ3n) is 3.89. The second kappa shape index (κ2) is 7.18. The summed E-state index contributed by atoms with van der Waals surface area (Å²) in [5, 5.41) is 20.6. The summed E-state index contributed by atoms with van der Waals surface area (Å²) in [4.78, 5) is 4.35. The molecule has 0 bridgehead atoms. The minimum Gasteiger partial charge on any atom is -0.453 e. The van der Waals surface area contributed by atoms with Crippen LogP contribution in [-0.2, 0) is 19.4 Å². The van der Waals surface area contributed by atoms with Crippen molar-refractivity contribution >= 4 is 0 Å². The number of nitrogens with one attached hydrogen (secondary N) is 1. The number of ether oxygens (including phenoxy) is 1. The van der Waals surface area contributed by atoms with E-state index in [1.807, 2.05) is 11.6 Å². The molecule has 1 N–H and O–H groups in total. The lowest BCUT2D eigenvalue weighted by Gasteiger charge is -2.08. The Bertz CT molecular complexity index is 901. The predicted octanol–water partition coefficient (Wildman–Crippen LogP) is 3.15. The zero-order valence-corrected chi connectivity index (χ0v) is 14.6. The van der Waals surface area contributed by atoms with Crippen LogP contribution in [0.2, 0.25) is 0 Å². The van der Waals surface area contributed by atoms with Gasteiger partial charge in [0.2, 0.25) is 0 Å². The van der Waals surface area contributed by atoms with Crippen LogP contribution >= 0.6 is 0 Å². The fourth-order valence-electron chi connectivity index (χ4n) is 2.67. The molecule has 0 unspecified atom stereocenters. The average molecular weight is 336 g/mol. The maximum Gasteiger partial charge on any atom is 0.172 e. The molecule has 3 rings (SSSR count). The zero-order chi connectivity index (χ0) is 17.8. The Morgan fingerprint density at radius 2 is 1.96 bits per heavy atom. The molecule has 0 aliphatic carbocycles. The number of H-pyrrole nitrogens is 1. The molecule has 0 fully saturated rings. The average Bonchev–Trinajstić information content (AvgIpc) is 3.18. The van der Waals surface area contributed by atoms with Crippen LogP contribution in [-0.4, -0.2) is 25.0 Å². The third kappa shape index (κ3) is 3.53. The lowest BCUT2D eigenvalue weighted by atomic mass is 10.2. The molecule has 2 aromatic heterocycles. The summed E-state index contributed by atoms with van der Waals surface area (Å²) < 4.78 is 8.01. The first-order chi connectivity index (χ1) is 12.1. The number of aryl methyl sites for hydroxylation is 2. The second-order valence-electron chi connectivity index (χ2n) is 5.66. The fraction of sp³-hybridized carbons (Fsp3) is 0.333. The number of benzene rings is 1. The molecule has 0 amide bonds. The van der Waals surface area contributed by atoms with Crippen molar-refractivity contribution in [1.29, 1.82) is 5.26 Å². The van der Waals surface area contributed by atoms with E-state index in [-0.39, 0.29) is 0 Å². The molecule has 7 heteroatoms. The normalized spacial score (nSPS) is 10.6. The van der Waals surface area contributed by atoms with Crippen molar-refractivity contribution in [1.82, 2.24) is 25.0 Å². The van der Waals surface area contributed by atoms with Gasteiger partial charge in [0.15, 0.2) is 11.6 Å². The van der Waals surface area contributed by atoms with Crippen molar-refractivity contribution in [3.63, 3.8) is 0 Å². The fourth-order valence-corrected chi connectivity index (χ4v) is 2.67. The number of nitriles is 1. The predicted molar refractivity (Wildman–Crippen MR) is 92.4 cm³/mol. The Balaban J connectivity index is 1.92. The van der Waals surface area contributed by atoms with Crippen molar-refractivity contribution in [3.8, 4) is 17.6 Å².